The summed E-state index contributed by atoms with van der Waals surface area (Å²) in [5.74, 6) is -45.2. The third kappa shape index (κ3) is 5.12. The molecule has 22 heteroatoms. The van der Waals surface area contributed by atoms with Crippen LogP contribution in [0, 0.1) is 0 Å². The third-order valence-electron chi connectivity index (χ3n) is 5.16. The normalized spacial score (nSPS) is 16.4. The molecule has 1 nitrogen and oxygen atoms in total. The van der Waals surface area contributed by atoms with Crippen LogP contribution < -0.4 is 0 Å². The Balaban J connectivity index is 4.62. The van der Waals surface area contributed by atoms with Crippen LogP contribution in [0.1, 0.15) is 41.7 Å². The Morgan fingerprint density at radius 1 is 0.500 bits per heavy atom. The van der Waals surface area contributed by atoms with Crippen molar-refractivity contribution in [2.45, 2.75) is 73.5 Å². The van der Waals surface area contributed by atoms with E-state index in [1.165, 1.54) is 0 Å². The highest BCUT2D eigenvalue weighted by Crippen LogP contribution is 2.60. The summed E-state index contributed by atoms with van der Waals surface area (Å²) in [5, 5.41) is 12.1. The van der Waals surface area contributed by atoms with E-state index >= 15 is 0 Å². The SMILES string of the molecule is CCC([O])c1c(C(F)(F)C(F)(F)C(F)(F)F)cc(C(F)(F)C(F)(F)C(F)(F)F)cc1C(F)(F)C(F)(F)C(F)(F)F. The van der Waals surface area contributed by atoms with E-state index in [9.17, 15) is 97.3 Å². The third-order valence-corrected chi connectivity index (χ3v) is 5.16. The van der Waals surface area contributed by atoms with E-state index in [1.54, 1.807) is 0 Å². The van der Waals surface area contributed by atoms with Gasteiger partial charge in [0.25, 0.3) is 0 Å². The van der Waals surface area contributed by atoms with Crippen LogP contribution in [0.4, 0.5) is 92.2 Å². The summed E-state index contributed by atoms with van der Waals surface area (Å²) in [6, 6.07) is -3.69. The molecule has 0 amide bonds. The molecule has 0 aliphatic carbocycles. The van der Waals surface area contributed by atoms with Gasteiger partial charge in [-0.15, -0.1) is 0 Å². The molecular formula is C18H8F21O. The molecule has 1 radical (unpaired) electrons. The predicted octanol–water partition coefficient (Wildman–Crippen LogP) is 9.44. The van der Waals surface area contributed by atoms with Gasteiger partial charge in [-0.25, -0.2) is 5.11 Å². The lowest BCUT2D eigenvalue weighted by Crippen LogP contribution is -2.53. The molecule has 0 heterocycles. The van der Waals surface area contributed by atoms with Gasteiger partial charge in [0.15, 0.2) is 0 Å². The van der Waals surface area contributed by atoms with Crippen LogP contribution in [-0.4, -0.2) is 36.3 Å². The molecular weight excluding hydrogens is 631 g/mol. The summed E-state index contributed by atoms with van der Waals surface area (Å²) in [6.07, 6.45) is -28.1. The molecule has 233 valence electrons. The highest BCUT2D eigenvalue weighted by Gasteiger charge is 2.78. The van der Waals surface area contributed by atoms with Crippen LogP contribution in [0.2, 0.25) is 0 Å². The molecule has 1 aromatic rings. The fourth-order valence-electron chi connectivity index (χ4n) is 2.96. The number of benzene rings is 1. The Morgan fingerprint density at radius 2 is 0.750 bits per heavy atom. The molecule has 0 aromatic heterocycles. The average Bonchev–Trinajstić information content (AvgIpc) is 2.74. The smallest absolute Gasteiger partial charge is 0.228 e. The van der Waals surface area contributed by atoms with Crippen molar-refractivity contribution in [1.82, 2.24) is 0 Å². The zero-order valence-corrected chi connectivity index (χ0v) is 18.3. The van der Waals surface area contributed by atoms with Gasteiger partial charge in [0.05, 0.1) is 0 Å². The molecule has 0 fully saturated rings. The number of rotatable bonds is 8. The first-order valence-electron chi connectivity index (χ1n) is 9.51. The monoisotopic (exact) mass is 639 g/mol. The Morgan fingerprint density at radius 3 is 0.975 bits per heavy atom. The summed E-state index contributed by atoms with van der Waals surface area (Å²) in [7, 11) is 0. The highest BCUT2D eigenvalue weighted by atomic mass is 19.4. The predicted molar refractivity (Wildman–Crippen MR) is 84.8 cm³/mol. The first-order chi connectivity index (χ1) is 17.2. The van der Waals surface area contributed by atoms with Crippen LogP contribution in [0.25, 0.3) is 0 Å². The van der Waals surface area contributed by atoms with Gasteiger partial charge in [-0.05, 0) is 18.6 Å². The molecule has 0 bridgehead atoms. The van der Waals surface area contributed by atoms with Crippen LogP contribution in [0.15, 0.2) is 12.1 Å². The molecule has 0 N–H and O–H groups in total. The number of halogens is 21. The first-order valence-corrected chi connectivity index (χ1v) is 9.51. The van der Waals surface area contributed by atoms with Crippen molar-refractivity contribution in [3.8, 4) is 0 Å². The van der Waals surface area contributed by atoms with E-state index in [0.29, 0.717) is 6.92 Å². The van der Waals surface area contributed by atoms with Crippen molar-refractivity contribution in [2.75, 3.05) is 0 Å². The van der Waals surface area contributed by atoms with Crippen molar-refractivity contribution in [3.63, 3.8) is 0 Å². The van der Waals surface area contributed by atoms with Gasteiger partial charge < -0.3 is 0 Å². The van der Waals surface area contributed by atoms with E-state index in [4.69, 9.17) is 0 Å². The van der Waals surface area contributed by atoms with Gasteiger partial charge in [-0.3, -0.25) is 0 Å². The quantitative estimate of drug-likeness (QED) is 0.253. The van der Waals surface area contributed by atoms with Gasteiger partial charge in [0.2, 0.25) is 0 Å². The van der Waals surface area contributed by atoms with Crippen molar-refractivity contribution in [1.29, 1.82) is 0 Å². The van der Waals surface area contributed by atoms with Crippen molar-refractivity contribution < 1.29 is 97.3 Å². The maximum absolute atomic E-state index is 14.5. The molecule has 1 atom stereocenters. The average molecular weight is 639 g/mol. The van der Waals surface area contributed by atoms with Crippen molar-refractivity contribution >= 4 is 0 Å². The number of hydrogen-bond donors (Lipinski definition) is 0. The van der Waals surface area contributed by atoms with Crippen molar-refractivity contribution in [3.05, 3.63) is 34.4 Å². The zero-order chi connectivity index (χ0) is 32.5. The topological polar surface area (TPSA) is 19.9 Å². The summed E-state index contributed by atoms with van der Waals surface area (Å²) in [6.45, 7) is 0.339. The second-order valence-corrected chi connectivity index (χ2v) is 7.82. The van der Waals surface area contributed by atoms with Crippen molar-refractivity contribution in [2.24, 2.45) is 0 Å². The second-order valence-electron chi connectivity index (χ2n) is 7.82. The Bertz CT molecular complexity index is 1020. The maximum Gasteiger partial charge on any atom is 0.460 e. The summed E-state index contributed by atoms with van der Waals surface area (Å²) < 4.78 is 281. The summed E-state index contributed by atoms with van der Waals surface area (Å²) in [5.41, 5.74) is -14.9. The Kier molecular flexibility index (Phi) is 8.61. The molecule has 0 aliphatic heterocycles. The lowest BCUT2D eigenvalue weighted by Gasteiger charge is -2.36. The van der Waals surface area contributed by atoms with Crippen LogP contribution >= 0.6 is 0 Å². The van der Waals surface area contributed by atoms with Crippen LogP contribution in [0.3, 0.4) is 0 Å². The van der Waals surface area contributed by atoms with E-state index in [0.717, 1.165) is 0 Å². The molecule has 0 saturated carbocycles. The minimum Gasteiger partial charge on any atom is -0.228 e. The Labute approximate surface area is 206 Å². The highest BCUT2D eigenvalue weighted by molar-refractivity contribution is 5.49. The fraction of sp³-hybridized carbons (Fsp3) is 0.667. The molecule has 0 aliphatic rings. The van der Waals surface area contributed by atoms with Gasteiger partial charge in [-0.2, -0.15) is 92.2 Å². The molecule has 1 rings (SSSR count). The second kappa shape index (κ2) is 9.63. The van der Waals surface area contributed by atoms with Gasteiger partial charge in [0, 0.05) is 22.3 Å². The molecule has 40 heavy (non-hydrogen) atoms. The van der Waals surface area contributed by atoms with E-state index in [2.05, 4.69) is 0 Å². The number of alkyl halides is 21. The van der Waals surface area contributed by atoms with Crippen LogP contribution in [0.5, 0.6) is 0 Å². The lowest BCUT2D eigenvalue weighted by molar-refractivity contribution is -0.363. The minimum absolute atomic E-state index is 0.339. The van der Waals surface area contributed by atoms with E-state index in [1.807, 2.05) is 0 Å². The van der Waals surface area contributed by atoms with E-state index in [-0.39, 0.29) is 0 Å². The standard InChI is InChI=1S/C18H8F21O/c1-2-8(40)9-6(11(21,22)14(27,28)17(34,35)36)3-5(10(19,20)13(25,26)16(31,32)33)4-7(9)12(23,24)15(29,30)18(37,38)39/h3-4,8H,2H2,1H3. The Hall–Kier alpha value is -2.29. The zero-order valence-electron chi connectivity index (χ0n) is 18.3. The minimum atomic E-state index is -7.71. The maximum atomic E-state index is 14.5. The summed E-state index contributed by atoms with van der Waals surface area (Å²) in [4.78, 5) is 0. The molecule has 1 unspecified atom stereocenters. The molecule has 0 spiro atoms. The van der Waals surface area contributed by atoms with Crippen LogP contribution in [-0.2, 0) is 22.9 Å². The van der Waals surface area contributed by atoms with Gasteiger partial charge in [0.1, 0.15) is 6.10 Å². The molecule has 1 aromatic carbocycles. The van der Waals surface area contributed by atoms with E-state index < -0.39 is 101 Å². The largest absolute Gasteiger partial charge is 0.460 e. The number of hydrogen-bond acceptors (Lipinski definition) is 0. The first kappa shape index (κ1) is 35.7. The molecule has 0 saturated heterocycles. The lowest BCUT2D eigenvalue weighted by atomic mass is 9.82. The van der Waals surface area contributed by atoms with Gasteiger partial charge >= 0.3 is 54.1 Å². The van der Waals surface area contributed by atoms with Gasteiger partial charge in [-0.1, -0.05) is 6.92 Å². The fourth-order valence-corrected chi connectivity index (χ4v) is 2.96. The summed E-state index contributed by atoms with van der Waals surface area (Å²) >= 11 is 0.